The van der Waals surface area contributed by atoms with E-state index in [4.69, 9.17) is 0 Å². The highest BCUT2D eigenvalue weighted by atomic mass is 32.1. The first kappa shape index (κ1) is 12.6. The van der Waals surface area contributed by atoms with Crippen molar-refractivity contribution < 1.29 is 0 Å². The second kappa shape index (κ2) is 6.18. The van der Waals surface area contributed by atoms with Gasteiger partial charge in [0.25, 0.3) is 0 Å². The highest BCUT2D eigenvalue weighted by Gasteiger charge is 2.12. The van der Waals surface area contributed by atoms with Gasteiger partial charge < -0.3 is 5.32 Å². The lowest BCUT2D eigenvalue weighted by molar-refractivity contribution is 0.423. The van der Waals surface area contributed by atoms with Crippen molar-refractivity contribution in [2.45, 2.75) is 46.6 Å². The molecule has 0 fully saturated rings. The molecule has 0 aliphatic carbocycles. The molecule has 1 aromatic rings. The average molecular weight is 227 g/mol. The van der Waals surface area contributed by atoms with Gasteiger partial charge in [0.1, 0.15) is 10.8 Å². The maximum atomic E-state index is 4.41. The Labute approximate surface area is 96.5 Å². The third-order valence-electron chi connectivity index (χ3n) is 2.24. The SMILES string of the molecule is CCNC(Cc1nc(C)ns1)CC(C)C. The minimum absolute atomic E-state index is 0.544. The van der Waals surface area contributed by atoms with Crippen LogP contribution in [-0.2, 0) is 6.42 Å². The molecule has 1 heterocycles. The zero-order chi connectivity index (χ0) is 11.3. The van der Waals surface area contributed by atoms with Crippen LogP contribution < -0.4 is 5.32 Å². The van der Waals surface area contributed by atoms with Crippen LogP contribution in [0.2, 0.25) is 0 Å². The van der Waals surface area contributed by atoms with Gasteiger partial charge in [0.05, 0.1) is 0 Å². The van der Waals surface area contributed by atoms with Crippen molar-refractivity contribution in [3.63, 3.8) is 0 Å². The van der Waals surface area contributed by atoms with Crippen LogP contribution in [0.5, 0.6) is 0 Å². The van der Waals surface area contributed by atoms with Crippen LogP contribution in [0.25, 0.3) is 0 Å². The van der Waals surface area contributed by atoms with E-state index in [1.54, 1.807) is 0 Å². The van der Waals surface area contributed by atoms with Gasteiger partial charge in [-0.1, -0.05) is 20.8 Å². The van der Waals surface area contributed by atoms with Crippen molar-refractivity contribution in [2.75, 3.05) is 6.54 Å². The molecule has 1 unspecified atom stereocenters. The highest BCUT2D eigenvalue weighted by Crippen LogP contribution is 2.12. The van der Waals surface area contributed by atoms with E-state index in [0.29, 0.717) is 6.04 Å². The Morgan fingerprint density at radius 1 is 1.40 bits per heavy atom. The molecule has 0 spiro atoms. The lowest BCUT2D eigenvalue weighted by Crippen LogP contribution is -2.32. The molecule has 0 aliphatic rings. The predicted molar refractivity (Wildman–Crippen MR) is 65.3 cm³/mol. The summed E-state index contributed by atoms with van der Waals surface area (Å²) in [7, 11) is 0. The van der Waals surface area contributed by atoms with Gasteiger partial charge in [-0.3, -0.25) is 0 Å². The van der Waals surface area contributed by atoms with Crippen LogP contribution in [0, 0.1) is 12.8 Å². The second-order valence-corrected chi connectivity index (χ2v) is 5.16. The van der Waals surface area contributed by atoms with Gasteiger partial charge in [-0.05, 0) is 37.3 Å². The first-order valence-corrected chi connectivity index (χ1v) is 6.41. The summed E-state index contributed by atoms with van der Waals surface area (Å²) in [6.45, 7) is 9.64. The van der Waals surface area contributed by atoms with Gasteiger partial charge in [0.2, 0.25) is 0 Å². The van der Waals surface area contributed by atoms with Crippen LogP contribution in [0.15, 0.2) is 0 Å². The third-order valence-corrected chi connectivity index (χ3v) is 3.06. The quantitative estimate of drug-likeness (QED) is 0.811. The molecule has 0 aromatic carbocycles. The maximum Gasteiger partial charge on any atom is 0.139 e. The van der Waals surface area contributed by atoms with E-state index in [1.807, 2.05) is 6.92 Å². The Hall–Kier alpha value is -0.480. The van der Waals surface area contributed by atoms with Crippen molar-refractivity contribution in [2.24, 2.45) is 5.92 Å². The number of aryl methyl sites for hydroxylation is 1. The lowest BCUT2D eigenvalue weighted by atomic mass is 10.0. The van der Waals surface area contributed by atoms with E-state index in [-0.39, 0.29) is 0 Å². The minimum atomic E-state index is 0.544. The maximum absolute atomic E-state index is 4.41. The third kappa shape index (κ3) is 4.71. The number of rotatable bonds is 6. The van der Waals surface area contributed by atoms with Crippen LogP contribution in [0.3, 0.4) is 0 Å². The molecular formula is C11H21N3S. The summed E-state index contributed by atoms with van der Waals surface area (Å²) in [5.74, 6) is 1.62. The van der Waals surface area contributed by atoms with Crippen LogP contribution in [-0.4, -0.2) is 21.9 Å². The summed E-state index contributed by atoms with van der Waals surface area (Å²) in [5, 5.41) is 4.66. The largest absolute Gasteiger partial charge is 0.314 e. The number of nitrogens with zero attached hydrogens (tertiary/aromatic N) is 2. The predicted octanol–water partition coefficient (Wildman–Crippen LogP) is 2.41. The van der Waals surface area contributed by atoms with E-state index in [1.165, 1.54) is 18.0 Å². The van der Waals surface area contributed by atoms with Gasteiger partial charge in [-0.2, -0.15) is 4.37 Å². The lowest BCUT2D eigenvalue weighted by Gasteiger charge is -2.18. The standard InChI is InChI=1S/C11H21N3S/c1-5-12-10(6-8(2)3)7-11-13-9(4)14-15-11/h8,10,12H,5-7H2,1-4H3. The number of hydrogen-bond donors (Lipinski definition) is 1. The van der Waals surface area contributed by atoms with Gasteiger partial charge >= 0.3 is 0 Å². The Morgan fingerprint density at radius 2 is 2.13 bits per heavy atom. The molecule has 0 radical (unpaired) electrons. The summed E-state index contributed by atoms with van der Waals surface area (Å²) in [6.07, 6.45) is 2.21. The summed E-state index contributed by atoms with van der Waals surface area (Å²) in [4.78, 5) is 4.41. The summed E-state index contributed by atoms with van der Waals surface area (Å²) < 4.78 is 4.21. The fourth-order valence-corrected chi connectivity index (χ4v) is 2.46. The first-order chi connectivity index (χ1) is 7.11. The van der Waals surface area contributed by atoms with E-state index < -0.39 is 0 Å². The van der Waals surface area contributed by atoms with Gasteiger partial charge in [0.15, 0.2) is 0 Å². The molecule has 3 nitrogen and oxygen atoms in total. The number of hydrogen-bond acceptors (Lipinski definition) is 4. The van der Waals surface area contributed by atoms with Gasteiger partial charge in [-0.15, -0.1) is 0 Å². The topological polar surface area (TPSA) is 37.8 Å². The monoisotopic (exact) mass is 227 g/mol. The van der Waals surface area contributed by atoms with Crippen LogP contribution >= 0.6 is 11.5 Å². The Morgan fingerprint density at radius 3 is 2.60 bits per heavy atom. The average Bonchev–Trinajstić information content (AvgIpc) is 2.50. The molecule has 15 heavy (non-hydrogen) atoms. The summed E-state index contributed by atoms with van der Waals surface area (Å²) in [6, 6.07) is 0.544. The Bertz CT molecular complexity index is 283. The van der Waals surface area contributed by atoms with Crippen LogP contribution in [0.4, 0.5) is 0 Å². The molecule has 0 bridgehead atoms. The Kier molecular flexibility index (Phi) is 5.19. The molecule has 1 atom stereocenters. The van der Waals surface area contributed by atoms with Gasteiger partial charge in [0, 0.05) is 12.5 Å². The van der Waals surface area contributed by atoms with Crippen molar-refractivity contribution in [3.05, 3.63) is 10.8 Å². The minimum Gasteiger partial charge on any atom is -0.314 e. The number of nitrogens with one attached hydrogen (secondary N) is 1. The zero-order valence-electron chi connectivity index (χ0n) is 10.1. The fraction of sp³-hybridized carbons (Fsp3) is 0.818. The molecule has 0 amide bonds. The van der Waals surface area contributed by atoms with Crippen LogP contribution in [0.1, 0.15) is 38.0 Å². The molecule has 0 saturated heterocycles. The molecule has 1 N–H and O–H groups in total. The number of aromatic nitrogens is 2. The first-order valence-electron chi connectivity index (χ1n) is 5.64. The smallest absolute Gasteiger partial charge is 0.139 e. The van der Waals surface area contributed by atoms with Gasteiger partial charge in [-0.25, -0.2) is 4.98 Å². The number of likely N-dealkylation sites (N-methyl/N-ethyl adjacent to an activating group) is 1. The van der Waals surface area contributed by atoms with E-state index in [9.17, 15) is 0 Å². The molecule has 4 heteroatoms. The molecule has 0 aliphatic heterocycles. The van der Waals surface area contributed by atoms with E-state index in [2.05, 4.69) is 35.4 Å². The summed E-state index contributed by atoms with van der Waals surface area (Å²) >= 11 is 1.53. The zero-order valence-corrected chi connectivity index (χ0v) is 10.9. The van der Waals surface area contributed by atoms with Crippen molar-refractivity contribution in [3.8, 4) is 0 Å². The Balaban J connectivity index is 2.50. The molecular weight excluding hydrogens is 206 g/mol. The summed E-state index contributed by atoms with van der Waals surface area (Å²) in [5.41, 5.74) is 0. The van der Waals surface area contributed by atoms with E-state index in [0.717, 1.165) is 29.7 Å². The second-order valence-electron chi connectivity index (χ2n) is 4.32. The highest BCUT2D eigenvalue weighted by molar-refractivity contribution is 7.05. The van der Waals surface area contributed by atoms with E-state index >= 15 is 0 Å². The fourth-order valence-electron chi connectivity index (χ4n) is 1.73. The normalized spacial score (nSPS) is 13.4. The van der Waals surface area contributed by atoms with Crippen molar-refractivity contribution in [1.82, 2.24) is 14.7 Å². The molecule has 1 aromatic heterocycles. The molecule has 0 saturated carbocycles. The van der Waals surface area contributed by atoms with Crippen molar-refractivity contribution >= 4 is 11.5 Å². The van der Waals surface area contributed by atoms with Crippen molar-refractivity contribution in [1.29, 1.82) is 0 Å². The molecule has 1 rings (SSSR count). The molecule has 86 valence electrons.